The molecule has 0 bridgehead atoms. The minimum Gasteiger partial charge on any atom is -0.372 e. The van der Waals surface area contributed by atoms with Gasteiger partial charge in [0, 0.05) is 23.8 Å². The van der Waals surface area contributed by atoms with Crippen molar-refractivity contribution >= 4 is 5.70 Å². The highest BCUT2D eigenvalue weighted by Crippen LogP contribution is 2.26. The van der Waals surface area contributed by atoms with E-state index in [1.54, 1.807) is 0 Å². The number of rotatable bonds is 13. The first-order chi connectivity index (χ1) is 17.6. The number of nitrogens with zero attached hydrogens (tertiary/aromatic N) is 2. The molecule has 2 aromatic carbocycles. The fraction of sp³-hybridized carbons (Fsp3) is 0.419. The Hall–Kier alpha value is -3.36. The molecule has 1 heterocycles. The first-order valence-corrected chi connectivity index (χ1v) is 13.3. The summed E-state index contributed by atoms with van der Waals surface area (Å²) in [5, 5.41) is 23.2. The number of hydrogen-bond donors (Lipinski definition) is 3. The van der Waals surface area contributed by atoms with Gasteiger partial charge in [-0.2, -0.15) is 10.4 Å². The van der Waals surface area contributed by atoms with E-state index in [0.717, 1.165) is 40.3 Å². The zero-order valence-corrected chi connectivity index (χ0v) is 22.5. The minimum atomic E-state index is 0.235. The van der Waals surface area contributed by atoms with Gasteiger partial charge in [-0.05, 0) is 41.7 Å². The molecule has 0 aliphatic rings. The second-order valence-corrected chi connectivity index (χ2v) is 9.15. The van der Waals surface area contributed by atoms with E-state index in [9.17, 15) is 0 Å². The number of nitrogens with one attached hydrogen (secondary N) is 3. The average molecular weight is 486 g/mol. The lowest BCUT2D eigenvalue weighted by Gasteiger charge is -2.18. The molecule has 0 fully saturated rings. The maximum absolute atomic E-state index is 8.76. The van der Waals surface area contributed by atoms with Crippen LogP contribution in [-0.2, 0) is 6.54 Å². The van der Waals surface area contributed by atoms with Gasteiger partial charge in [-0.1, -0.05) is 102 Å². The van der Waals surface area contributed by atoms with Crippen molar-refractivity contribution in [3.05, 3.63) is 72.3 Å². The molecular formula is C31H43N5. The van der Waals surface area contributed by atoms with Crippen LogP contribution >= 0.6 is 0 Å². The molecule has 3 aromatic rings. The van der Waals surface area contributed by atoms with Crippen molar-refractivity contribution in [2.24, 2.45) is 0 Å². The van der Waals surface area contributed by atoms with Gasteiger partial charge < -0.3 is 10.6 Å². The monoisotopic (exact) mass is 485 g/mol. The molecule has 3 rings (SSSR count). The van der Waals surface area contributed by atoms with Crippen LogP contribution in [0.5, 0.6) is 0 Å². The zero-order chi connectivity index (χ0) is 26.2. The van der Waals surface area contributed by atoms with Crippen LogP contribution in [-0.4, -0.2) is 22.8 Å². The Morgan fingerprint density at radius 3 is 2.42 bits per heavy atom. The van der Waals surface area contributed by atoms with Gasteiger partial charge in [-0.25, -0.2) is 0 Å². The van der Waals surface area contributed by atoms with Crippen molar-refractivity contribution in [1.82, 2.24) is 20.8 Å². The second-order valence-electron chi connectivity index (χ2n) is 9.15. The zero-order valence-electron chi connectivity index (χ0n) is 22.5. The molecule has 0 saturated carbocycles. The van der Waals surface area contributed by atoms with Crippen LogP contribution in [0.25, 0.3) is 28.2 Å². The normalized spacial score (nSPS) is 11.2. The topological polar surface area (TPSA) is 76.5 Å². The predicted octanol–water partition coefficient (Wildman–Crippen LogP) is 7.69. The maximum Gasteiger partial charge on any atom is 0.103 e. The molecule has 5 nitrogen and oxygen atoms in total. The van der Waals surface area contributed by atoms with Crippen LogP contribution in [0.1, 0.15) is 77.3 Å². The van der Waals surface area contributed by atoms with Crippen molar-refractivity contribution in [2.75, 3.05) is 6.54 Å². The SMILES string of the molecule is C=C(NCC#N)c1cccc(-c2cc(-c3ccc(CNC(CCC)CCCC)cc3)[nH]n2)c1.CCC. The number of benzene rings is 2. The smallest absolute Gasteiger partial charge is 0.103 e. The van der Waals surface area contributed by atoms with Gasteiger partial charge in [0.05, 0.1) is 17.5 Å². The lowest BCUT2D eigenvalue weighted by Crippen LogP contribution is -2.28. The summed E-state index contributed by atoms with van der Waals surface area (Å²) in [6.45, 7) is 13.9. The molecular weight excluding hydrogens is 442 g/mol. The summed E-state index contributed by atoms with van der Waals surface area (Å²) in [7, 11) is 0. The van der Waals surface area contributed by atoms with Gasteiger partial charge >= 0.3 is 0 Å². The van der Waals surface area contributed by atoms with E-state index in [4.69, 9.17) is 5.26 Å². The van der Waals surface area contributed by atoms with Crippen LogP contribution in [0, 0.1) is 11.3 Å². The molecule has 36 heavy (non-hydrogen) atoms. The molecule has 0 amide bonds. The molecule has 1 aromatic heterocycles. The van der Waals surface area contributed by atoms with Crippen molar-refractivity contribution in [3.8, 4) is 28.6 Å². The number of nitriles is 1. The number of aromatic nitrogens is 2. The standard InChI is InChI=1S/C28H35N5.C3H8/c1-4-6-11-26(8-5-2)31-20-22-12-14-23(15-13-22)27-19-28(33-32-27)25-10-7-9-24(18-25)21(3)30-17-16-29;1-3-2/h7,9-10,12-15,18-19,26,30-31H,3-6,8,11,17,20H2,1-2H3,(H,32,33);3H2,1-2H3. The number of unbranched alkanes of at least 4 members (excludes halogenated alkanes) is 1. The summed E-state index contributed by atoms with van der Waals surface area (Å²) < 4.78 is 0. The quantitative estimate of drug-likeness (QED) is 0.217. The van der Waals surface area contributed by atoms with Gasteiger partial charge in [0.2, 0.25) is 0 Å². The molecule has 192 valence electrons. The van der Waals surface area contributed by atoms with Crippen LogP contribution in [0.4, 0.5) is 0 Å². The Labute approximate surface area is 218 Å². The van der Waals surface area contributed by atoms with Crippen LogP contribution < -0.4 is 10.6 Å². The molecule has 1 atom stereocenters. The highest BCUT2D eigenvalue weighted by molar-refractivity contribution is 5.72. The third-order valence-electron chi connectivity index (χ3n) is 5.87. The minimum absolute atomic E-state index is 0.235. The first-order valence-electron chi connectivity index (χ1n) is 13.3. The van der Waals surface area contributed by atoms with Crippen molar-refractivity contribution in [1.29, 1.82) is 5.26 Å². The van der Waals surface area contributed by atoms with Crippen LogP contribution in [0.2, 0.25) is 0 Å². The Kier molecular flexibility index (Phi) is 13.1. The van der Waals surface area contributed by atoms with E-state index in [2.05, 4.69) is 91.5 Å². The summed E-state index contributed by atoms with van der Waals surface area (Å²) in [6.07, 6.45) is 7.49. The van der Waals surface area contributed by atoms with Gasteiger partial charge in [0.25, 0.3) is 0 Å². The number of hydrogen-bond acceptors (Lipinski definition) is 4. The van der Waals surface area contributed by atoms with Crippen LogP contribution in [0.3, 0.4) is 0 Å². The molecule has 0 radical (unpaired) electrons. The van der Waals surface area contributed by atoms with E-state index in [0.29, 0.717) is 6.04 Å². The Morgan fingerprint density at radius 2 is 1.75 bits per heavy atom. The first kappa shape index (κ1) is 28.9. The van der Waals surface area contributed by atoms with E-state index in [1.807, 2.05) is 24.3 Å². The molecule has 1 unspecified atom stereocenters. The molecule has 5 heteroatoms. The van der Waals surface area contributed by atoms with Crippen molar-refractivity contribution < 1.29 is 0 Å². The average Bonchev–Trinajstić information content (AvgIpc) is 3.40. The van der Waals surface area contributed by atoms with Gasteiger partial charge in [-0.3, -0.25) is 5.10 Å². The van der Waals surface area contributed by atoms with E-state index >= 15 is 0 Å². The largest absolute Gasteiger partial charge is 0.372 e. The third kappa shape index (κ3) is 9.36. The summed E-state index contributed by atoms with van der Waals surface area (Å²) in [4.78, 5) is 0. The second kappa shape index (κ2) is 16.3. The number of aromatic amines is 1. The highest BCUT2D eigenvalue weighted by Gasteiger charge is 2.09. The van der Waals surface area contributed by atoms with Crippen LogP contribution in [0.15, 0.2) is 61.2 Å². The van der Waals surface area contributed by atoms with Gasteiger partial charge in [0.1, 0.15) is 6.54 Å². The Morgan fingerprint density at radius 1 is 1.00 bits per heavy atom. The Balaban J connectivity index is 0.00000145. The van der Waals surface area contributed by atoms with E-state index < -0.39 is 0 Å². The predicted molar refractivity (Wildman–Crippen MR) is 153 cm³/mol. The summed E-state index contributed by atoms with van der Waals surface area (Å²) in [5.74, 6) is 0. The molecule has 0 saturated heterocycles. The fourth-order valence-electron chi connectivity index (χ4n) is 3.94. The maximum atomic E-state index is 8.76. The van der Waals surface area contributed by atoms with E-state index in [1.165, 1.54) is 44.1 Å². The van der Waals surface area contributed by atoms with Crippen molar-refractivity contribution in [2.45, 2.75) is 78.8 Å². The summed E-state index contributed by atoms with van der Waals surface area (Å²) in [5.41, 5.74) is 6.97. The molecule has 0 spiro atoms. The fourth-order valence-corrected chi connectivity index (χ4v) is 3.94. The summed E-state index contributed by atoms with van der Waals surface area (Å²) >= 11 is 0. The lowest BCUT2D eigenvalue weighted by atomic mass is 10.0. The number of H-pyrrole nitrogens is 1. The Bertz CT molecular complexity index is 1070. The molecule has 3 N–H and O–H groups in total. The molecule has 0 aliphatic carbocycles. The van der Waals surface area contributed by atoms with Gasteiger partial charge in [0.15, 0.2) is 0 Å². The van der Waals surface area contributed by atoms with Gasteiger partial charge in [-0.15, -0.1) is 0 Å². The van der Waals surface area contributed by atoms with E-state index in [-0.39, 0.29) is 6.54 Å². The lowest BCUT2D eigenvalue weighted by molar-refractivity contribution is 0.434. The third-order valence-corrected chi connectivity index (χ3v) is 5.87. The highest BCUT2D eigenvalue weighted by atomic mass is 15.1. The van der Waals surface area contributed by atoms with Crippen molar-refractivity contribution in [3.63, 3.8) is 0 Å². The summed E-state index contributed by atoms with van der Waals surface area (Å²) in [6, 6.07) is 21.5. The molecule has 0 aliphatic heterocycles.